The van der Waals surface area contributed by atoms with Crippen molar-refractivity contribution in [2.24, 2.45) is 0 Å². The van der Waals surface area contributed by atoms with Gasteiger partial charge in [0.1, 0.15) is 19.8 Å². The lowest BCUT2D eigenvalue weighted by molar-refractivity contribution is -0.870. The van der Waals surface area contributed by atoms with Gasteiger partial charge < -0.3 is 24.0 Å². The summed E-state index contributed by atoms with van der Waals surface area (Å²) in [5, 5.41) is 9.75. The SMILES string of the molecule is CCCCC/C=C\C/C=C\CCCCCCCCCCCC(=O)OC[C@H](COP(=O)(O)OCC[N+](C)(C)C)OC(=O)CCC/C=C\C/C=C\C/C=C\C/C=C\CC(O)CCC. The highest BCUT2D eigenvalue weighted by atomic mass is 31.2. The van der Waals surface area contributed by atoms with Crippen LogP contribution in [0.4, 0.5) is 0 Å². The number of quaternary nitrogens is 1. The predicted octanol–water partition coefficient (Wildman–Crippen LogP) is 12.8. The van der Waals surface area contributed by atoms with Gasteiger partial charge in [-0.3, -0.25) is 18.6 Å². The maximum Gasteiger partial charge on any atom is 0.472 e. The molecule has 0 saturated carbocycles. The fourth-order valence-corrected chi connectivity index (χ4v) is 6.79. The van der Waals surface area contributed by atoms with Gasteiger partial charge in [-0.2, -0.15) is 0 Å². The zero-order chi connectivity index (χ0) is 45.1. The van der Waals surface area contributed by atoms with E-state index in [4.69, 9.17) is 18.5 Å². The van der Waals surface area contributed by atoms with E-state index >= 15 is 0 Å². The van der Waals surface area contributed by atoms with Crippen molar-refractivity contribution in [2.75, 3.05) is 47.5 Å². The first-order chi connectivity index (χ1) is 29.4. The van der Waals surface area contributed by atoms with Crippen LogP contribution in [0.15, 0.2) is 72.9 Å². The topological polar surface area (TPSA) is 129 Å². The second-order valence-electron chi connectivity index (χ2n) is 17.0. The summed E-state index contributed by atoms with van der Waals surface area (Å²) in [6.45, 7) is 4.11. The Morgan fingerprint density at radius 3 is 1.59 bits per heavy atom. The molecule has 0 aliphatic heterocycles. The van der Waals surface area contributed by atoms with Crippen LogP contribution < -0.4 is 0 Å². The van der Waals surface area contributed by atoms with E-state index in [2.05, 4.69) is 74.6 Å². The standard InChI is InChI=1S/C50H88NO9P/c1-6-8-9-10-11-12-13-14-15-16-17-18-19-22-25-28-31-34-37-41-49(53)57-45-48(46-59-61(55,56)58-44-43-51(3,4)5)60-50(54)42-38-35-32-29-26-23-20-21-24-27-30-33-36-40-47(52)39-7-2/h11-12,14-15,20,23-24,27,29,32-33,36,47-48,52H,6-10,13,16-19,21-22,25-26,28,30-31,34-35,37-46H2,1-5H3/p+1/b12-11-,15-14-,23-20-,27-24-,32-29-,36-33-/t47?,48-/m1/s1. The van der Waals surface area contributed by atoms with Crippen molar-refractivity contribution in [3.8, 4) is 0 Å². The first-order valence-corrected chi connectivity index (χ1v) is 25.2. The van der Waals surface area contributed by atoms with Gasteiger partial charge in [0, 0.05) is 12.8 Å². The zero-order valence-electron chi connectivity index (χ0n) is 39.2. The Kier molecular flexibility index (Phi) is 39.7. The number of carbonyl (C=O) groups excluding carboxylic acids is 2. The molecule has 61 heavy (non-hydrogen) atoms. The summed E-state index contributed by atoms with van der Waals surface area (Å²) in [6, 6.07) is 0. The molecule has 0 fully saturated rings. The van der Waals surface area contributed by atoms with Gasteiger partial charge in [0.25, 0.3) is 0 Å². The van der Waals surface area contributed by atoms with E-state index in [0.29, 0.717) is 30.3 Å². The molecule has 11 heteroatoms. The molecule has 0 saturated heterocycles. The summed E-state index contributed by atoms with van der Waals surface area (Å²) >= 11 is 0. The molecule has 0 bridgehead atoms. The fraction of sp³-hybridized carbons (Fsp3) is 0.720. The number of carbonyl (C=O) groups is 2. The number of rotatable bonds is 42. The highest BCUT2D eigenvalue weighted by molar-refractivity contribution is 7.47. The van der Waals surface area contributed by atoms with E-state index < -0.39 is 32.5 Å². The molecular weight excluding hydrogens is 790 g/mol. The summed E-state index contributed by atoms with van der Waals surface area (Å²) in [7, 11) is 1.41. The molecule has 0 rings (SSSR count). The van der Waals surface area contributed by atoms with Crippen LogP contribution in [0.1, 0.15) is 174 Å². The third-order valence-corrected chi connectivity index (χ3v) is 10.7. The van der Waals surface area contributed by atoms with E-state index in [0.717, 1.165) is 70.6 Å². The summed E-state index contributed by atoms with van der Waals surface area (Å²) < 4.78 is 34.3. The van der Waals surface area contributed by atoms with Gasteiger partial charge >= 0.3 is 19.8 Å². The van der Waals surface area contributed by atoms with Gasteiger partial charge in [-0.05, 0) is 83.5 Å². The largest absolute Gasteiger partial charge is 0.472 e. The van der Waals surface area contributed by atoms with Crippen LogP contribution in [0, 0.1) is 0 Å². The summed E-state index contributed by atoms with van der Waals surface area (Å²) in [5.74, 6) is -0.893. The van der Waals surface area contributed by atoms with Crippen LogP contribution in [0.5, 0.6) is 0 Å². The third-order valence-electron chi connectivity index (χ3n) is 9.76. The summed E-state index contributed by atoms with van der Waals surface area (Å²) in [5.41, 5.74) is 0. The average Bonchev–Trinajstić information content (AvgIpc) is 3.20. The molecule has 10 nitrogen and oxygen atoms in total. The Balaban J connectivity index is 4.43. The van der Waals surface area contributed by atoms with Gasteiger partial charge in [-0.15, -0.1) is 0 Å². The molecule has 0 aromatic rings. The number of hydrogen-bond donors (Lipinski definition) is 2. The van der Waals surface area contributed by atoms with Crippen LogP contribution >= 0.6 is 7.82 Å². The van der Waals surface area contributed by atoms with E-state index in [1.807, 2.05) is 33.3 Å². The minimum absolute atomic E-state index is 0.0107. The lowest BCUT2D eigenvalue weighted by atomic mass is 10.1. The van der Waals surface area contributed by atoms with Crippen molar-refractivity contribution >= 4 is 19.8 Å². The number of allylic oxidation sites excluding steroid dienone is 11. The van der Waals surface area contributed by atoms with Crippen LogP contribution in [-0.2, 0) is 32.7 Å². The Hall–Kier alpha value is -2.59. The number of ether oxygens (including phenoxy) is 2. The Labute approximate surface area is 372 Å². The molecule has 0 amide bonds. The molecule has 0 radical (unpaired) electrons. The molecule has 352 valence electrons. The second-order valence-corrected chi connectivity index (χ2v) is 18.4. The second kappa shape index (κ2) is 41.4. The summed E-state index contributed by atoms with van der Waals surface area (Å²) in [6.07, 6.45) is 48.7. The van der Waals surface area contributed by atoms with E-state index in [-0.39, 0.29) is 32.2 Å². The average molecular weight is 879 g/mol. The van der Waals surface area contributed by atoms with Gasteiger partial charge in [-0.25, -0.2) is 4.57 Å². The molecule has 0 spiro atoms. The lowest BCUT2D eigenvalue weighted by Gasteiger charge is -2.24. The lowest BCUT2D eigenvalue weighted by Crippen LogP contribution is -2.37. The van der Waals surface area contributed by atoms with Crippen molar-refractivity contribution in [2.45, 2.75) is 187 Å². The quantitative estimate of drug-likeness (QED) is 0.0202. The first-order valence-electron chi connectivity index (χ1n) is 23.7. The molecule has 0 aliphatic carbocycles. The number of aliphatic hydroxyl groups excluding tert-OH is 1. The number of likely N-dealkylation sites (N-methyl/N-ethyl adjacent to an activating group) is 1. The van der Waals surface area contributed by atoms with Crippen LogP contribution in [0.3, 0.4) is 0 Å². The zero-order valence-corrected chi connectivity index (χ0v) is 40.1. The highest BCUT2D eigenvalue weighted by Gasteiger charge is 2.27. The smallest absolute Gasteiger partial charge is 0.462 e. The monoisotopic (exact) mass is 879 g/mol. The van der Waals surface area contributed by atoms with Gasteiger partial charge in [0.05, 0.1) is 33.9 Å². The normalized spacial score (nSPS) is 14.7. The molecule has 0 aromatic carbocycles. The number of phosphoric acid groups is 1. The van der Waals surface area contributed by atoms with E-state index in [9.17, 15) is 24.2 Å². The van der Waals surface area contributed by atoms with Crippen molar-refractivity contribution in [1.29, 1.82) is 0 Å². The molecule has 0 aromatic heterocycles. The number of phosphoric ester groups is 1. The number of aliphatic hydroxyl groups is 1. The number of unbranched alkanes of at least 4 members (excludes halogenated alkanes) is 13. The van der Waals surface area contributed by atoms with Crippen molar-refractivity contribution < 1.29 is 47.2 Å². The molecule has 2 N–H and O–H groups in total. The van der Waals surface area contributed by atoms with Crippen molar-refractivity contribution in [3.63, 3.8) is 0 Å². The van der Waals surface area contributed by atoms with Gasteiger partial charge in [0.15, 0.2) is 6.10 Å². The van der Waals surface area contributed by atoms with Gasteiger partial charge in [-0.1, -0.05) is 151 Å². The maximum absolute atomic E-state index is 12.7. The predicted molar refractivity (Wildman–Crippen MR) is 253 cm³/mol. The summed E-state index contributed by atoms with van der Waals surface area (Å²) in [4.78, 5) is 35.4. The molecular formula is C50H89NO9P+. The number of hydrogen-bond acceptors (Lipinski definition) is 8. The maximum atomic E-state index is 12.7. The molecule has 3 atom stereocenters. The van der Waals surface area contributed by atoms with E-state index in [1.54, 1.807) is 0 Å². The number of esters is 2. The Bertz CT molecular complexity index is 1280. The Morgan fingerprint density at radius 1 is 0.574 bits per heavy atom. The highest BCUT2D eigenvalue weighted by Crippen LogP contribution is 2.43. The molecule has 2 unspecified atom stereocenters. The van der Waals surface area contributed by atoms with Gasteiger partial charge in [0.2, 0.25) is 0 Å². The van der Waals surface area contributed by atoms with Crippen molar-refractivity contribution in [1.82, 2.24) is 0 Å². The Morgan fingerprint density at radius 2 is 1.05 bits per heavy atom. The fourth-order valence-electron chi connectivity index (χ4n) is 6.05. The molecule has 0 aliphatic rings. The van der Waals surface area contributed by atoms with Crippen LogP contribution in [0.25, 0.3) is 0 Å². The first kappa shape index (κ1) is 58.4. The van der Waals surface area contributed by atoms with E-state index in [1.165, 1.54) is 57.8 Å². The van der Waals surface area contributed by atoms with Crippen LogP contribution in [-0.4, -0.2) is 86.1 Å². The van der Waals surface area contributed by atoms with Crippen molar-refractivity contribution in [3.05, 3.63) is 72.9 Å². The molecule has 0 heterocycles. The number of nitrogens with zero attached hydrogens (tertiary/aromatic N) is 1. The van der Waals surface area contributed by atoms with Crippen LogP contribution in [0.2, 0.25) is 0 Å². The third kappa shape index (κ3) is 45.3. The minimum atomic E-state index is -4.41. The minimum Gasteiger partial charge on any atom is -0.462 e.